The third kappa shape index (κ3) is 2.90. The Kier molecular flexibility index (Phi) is 4.36. The minimum atomic E-state index is -1.11. The lowest BCUT2D eigenvalue weighted by molar-refractivity contribution is -0.119. The molecule has 3 aromatic rings. The molecular weight excluding hydrogens is 358 g/mol. The first-order valence-corrected chi connectivity index (χ1v) is 8.59. The molecule has 0 saturated heterocycles. The van der Waals surface area contributed by atoms with Gasteiger partial charge in [0.25, 0.3) is 0 Å². The Bertz CT molecular complexity index is 1030. The third-order valence-corrected chi connectivity index (χ3v) is 4.65. The molecule has 1 aromatic carbocycles. The summed E-state index contributed by atoms with van der Waals surface area (Å²) in [6.07, 6.45) is 4.03. The van der Waals surface area contributed by atoms with E-state index in [-0.39, 0.29) is 5.56 Å². The Morgan fingerprint density at radius 3 is 2.43 bits per heavy atom. The fourth-order valence-corrected chi connectivity index (χ4v) is 3.49. The number of hydrogen-bond acceptors (Lipinski definition) is 6. The van der Waals surface area contributed by atoms with E-state index in [1.54, 1.807) is 29.4 Å². The lowest BCUT2D eigenvalue weighted by Crippen LogP contribution is -2.40. The number of nitrogens with one attached hydrogen (secondary N) is 1. The number of aromatic carboxylic acids is 1. The molecule has 4 rings (SSSR count). The summed E-state index contributed by atoms with van der Waals surface area (Å²) in [6.45, 7) is 0. The average molecular weight is 375 g/mol. The molecule has 0 aliphatic carbocycles. The first-order valence-electron chi connectivity index (χ1n) is 8.59. The van der Waals surface area contributed by atoms with Gasteiger partial charge in [-0.3, -0.25) is 9.78 Å². The van der Waals surface area contributed by atoms with Gasteiger partial charge in [0.05, 0.1) is 11.3 Å². The summed E-state index contributed by atoms with van der Waals surface area (Å²) in [7, 11) is 0. The Morgan fingerprint density at radius 2 is 1.79 bits per heavy atom. The summed E-state index contributed by atoms with van der Waals surface area (Å²) in [6, 6.07) is 13.3. The van der Waals surface area contributed by atoms with Gasteiger partial charge in [-0.1, -0.05) is 30.3 Å². The topological polar surface area (TPSA) is 121 Å². The second-order valence-electron chi connectivity index (χ2n) is 6.31. The number of anilines is 2. The summed E-state index contributed by atoms with van der Waals surface area (Å²) in [5.41, 5.74) is 7.59. The van der Waals surface area contributed by atoms with Crippen LogP contribution in [0.5, 0.6) is 0 Å². The number of rotatable bonds is 5. The Labute approximate surface area is 160 Å². The molecule has 0 radical (unpaired) electrons. The van der Waals surface area contributed by atoms with E-state index in [9.17, 15) is 14.7 Å². The molecule has 0 spiro atoms. The van der Waals surface area contributed by atoms with Gasteiger partial charge in [0.1, 0.15) is 12.2 Å². The van der Waals surface area contributed by atoms with Gasteiger partial charge in [0, 0.05) is 18.6 Å². The molecule has 8 heteroatoms. The Hall–Kier alpha value is -3.94. The smallest absolute Gasteiger partial charge is 0.338 e. The van der Waals surface area contributed by atoms with Crippen LogP contribution in [0.1, 0.15) is 33.7 Å². The van der Waals surface area contributed by atoms with E-state index in [1.165, 1.54) is 12.3 Å². The minimum Gasteiger partial charge on any atom is -0.478 e. The highest BCUT2D eigenvalue weighted by atomic mass is 16.4. The van der Waals surface area contributed by atoms with Crippen LogP contribution in [0, 0.1) is 0 Å². The maximum atomic E-state index is 12.5. The van der Waals surface area contributed by atoms with Crippen LogP contribution in [0.4, 0.5) is 11.5 Å². The van der Waals surface area contributed by atoms with Gasteiger partial charge in [0.2, 0.25) is 5.91 Å². The lowest BCUT2D eigenvalue weighted by atomic mass is 10.0. The second kappa shape index (κ2) is 6.99. The van der Waals surface area contributed by atoms with Crippen LogP contribution < -0.4 is 16.0 Å². The van der Waals surface area contributed by atoms with Gasteiger partial charge in [-0.15, -0.1) is 0 Å². The van der Waals surface area contributed by atoms with E-state index in [4.69, 9.17) is 5.73 Å². The Balaban J connectivity index is 1.94. The van der Waals surface area contributed by atoms with E-state index in [1.807, 2.05) is 30.3 Å². The first-order chi connectivity index (χ1) is 13.6. The predicted octanol–water partition coefficient (Wildman–Crippen LogP) is 2.33. The van der Waals surface area contributed by atoms with Crippen molar-refractivity contribution >= 4 is 23.4 Å². The highest BCUT2D eigenvalue weighted by Gasteiger charge is 2.41. The van der Waals surface area contributed by atoms with Crippen molar-refractivity contribution < 1.29 is 14.7 Å². The number of carbonyl (C=O) groups excluding carboxylic acids is 1. The normalized spacial score (nSPS) is 16.1. The van der Waals surface area contributed by atoms with Crippen LogP contribution >= 0.6 is 0 Å². The van der Waals surface area contributed by atoms with Gasteiger partial charge in [-0.2, -0.15) is 0 Å². The number of pyridine rings is 2. The Morgan fingerprint density at radius 1 is 1.07 bits per heavy atom. The summed E-state index contributed by atoms with van der Waals surface area (Å²) in [5.74, 6) is -1.34. The summed E-state index contributed by atoms with van der Waals surface area (Å²) < 4.78 is 0. The number of hydrogen-bond donors (Lipinski definition) is 3. The number of carboxylic acid groups (broad SMARTS) is 1. The fourth-order valence-electron chi connectivity index (χ4n) is 3.49. The maximum absolute atomic E-state index is 12.5. The molecule has 0 bridgehead atoms. The molecule has 8 nitrogen and oxygen atoms in total. The number of amides is 1. The van der Waals surface area contributed by atoms with Crippen molar-refractivity contribution in [2.24, 2.45) is 5.73 Å². The van der Waals surface area contributed by atoms with E-state index in [2.05, 4.69) is 15.3 Å². The summed E-state index contributed by atoms with van der Waals surface area (Å²) >= 11 is 0. The summed E-state index contributed by atoms with van der Waals surface area (Å²) in [4.78, 5) is 34.3. The average Bonchev–Trinajstić information content (AvgIpc) is 3.08. The molecule has 140 valence electrons. The van der Waals surface area contributed by atoms with Crippen molar-refractivity contribution in [1.82, 2.24) is 9.97 Å². The molecule has 1 amide bonds. The van der Waals surface area contributed by atoms with E-state index < -0.39 is 24.1 Å². The molecule has 2 atom stereocenters. The van der Waals surface area contributed by atoms with Crippen LogP contribution in [-0.2, 0) is 4.79 Å². The number of primary amides is 1. The zero-order chi connectivity index (χ0) is 19.7. The SMILES string of the molecule is NC(=O)C(c1ccncc1)N1c2c(C(=O)O)ccnc2NC1c1ccccc1. The number of carboxylic acids is 1. The number of aromatic nitrogens is 2. The zero-order valence-corrected chi connectivity index (χ0v) is 14.7. The van der Waals surface area contributed by atoms with Crippen LogP contribution in [0.2, 0.25) is 0 Å². The number of benzene rings is 1. The highest BCUT2D eigenvalue weighted by Crippen LogP contribution is 2.46. The molecule has 2 aromatic heterocycles. The van der Waals surface area contributed by atoms with E-state index >= 15 is 0 Å². The maximum Gasteiger partial charge on any atom is 0.338 e. The van der Waals surface area contributed by atoms with Crippen molar-refractivity contribution in [1.29, 1.82) is 0 Å². The molecule has 28 heavy (non-hydrogen) atoms. The number of nitrogens with zero attached hydrogens (tertiary/aromatic N) is 3. The van der Waals surface area contributed by atoms with E-state index in [0.717, 1.165) is 5.56 Å². The monoisotopic (exact) mass is 375 g/mol. The van der Waals surface area contributed by atoms with Crippen LogP contribution in [0.3, 0.4) is 0 Å². The number of carbonyl (C=O) groups is 2. The van der Waals surface area contributed by atoms with Crippen LogP contribution in [0.25, 0.3) is 0 Å². The van der Waals surface area contributed by atoms with Gasteiger partial charge in [-0.25, -0.2) is 9.78 Å². The quantitative estimate of drug-likeness (QED) is 0.626. The molecular formula is C20H17N5O3. The first kappa shape index (κ1) is 17.5. The van der Waals surface area contributed by atoms with Gasteiger partial charge < -0.3 is 21.1 Å². The highest BCUT2D eigenvalue weighted by molar-refractivity contribution is 6.01. The predicted molar refractivity (Wildman–Crippen MR) is 103 cm³/mol. The van der Waals surface area contributed by atoms with Crippen LogP contribution in [0.15, 0.2) is 67.1 Å². The standard InChI is InChI=1S/C20H17N5O3/c21-17(26)15(12-6-9-22-10-7-12)25-16-14(20(27)28)8-11-23-18(16)24-19(25)13-4-2-1-3-5-13/h1-11,15,19H,(H2,21,26)(H,23,24)(H,27,28). The molecule has 1 aliphatic rings. The minimum absolute atomic E-state index is 0.0382. The van der Waals surface area contributed by atoms with Crippen molar-refractivity contribution in [3.05, 3.63) is 83.8 Å². The molecule has 1 aliphatic heterocycles. The van der Waals surface area contributed by atoms with Crippen molar-refractivity contribution in [3.63, 3.8) is 0 Å². The number of nitrogens with two attached hydrogens (primary N) is 1. The van der Waals surface area contributed by atoms with Gasteiger partial charge in [0.15, 0.2) is 5.82 Å². The third-order valence-electron chi connectivity index (χ3n) is 4.65. The summed E-state index contributed by atoms with van der Waals surface area (Å²) in [5, 5.41) is 12.9. The largest absolute Gasteiger partial charge is 0.478 e. The van der Waals surface area contributed by atoms with Gasteiger partial charge in [-0.05, 0) is 29.3 Å². The number of fused-ring (bicyclic) bond motifs is 1. The van der Waals surface area contributed by atoms with Crippen molar-refractivity contribution in [2.75, 3.05) is 10.2 Å². The van der Waals surface area contributed by atoms with Crippen LogP contribution in [-0.4, -0.2) is 27.0 Å². The fraction of sp³-hybridized carbons (Fsp3) is 0.100. The zero-order valence-electron chi connectivity index (χ0n) is 14.7. The molecule has 4 N–H and O–H groups in total. The molecule has 0 saturated carbocycles. The van der Waals surface area contributed by atoms with Crippen molar-refractivity contribution in [2.45, 2.75) is 12.2 Å². The van der Waals surface area contributed by atoms with Crippen molar-refractivity contribution in [3.8, 4) is 0 Å². The lowest BCUT2D eigenvalue weighted by Gasteiger charge is -2.33. The van der Waals surface area contributed by atoms with Gasteiger partial charge >= 0.3 is 5.97 Å². The molecule has 0 fully saturated rings. The van der Waals surface area contributed by atoms with E-state index in [0.29, 0.717) is 17.1 Å². The molecule has 2 unspecified atom stereocenters. The second-order valence-corrected chi connectivity index (χ2v) is 6.31. The molecule has 3 heterocycles.